The molecular weight excluding hydrogens is 220 g/mol. The Hall–Kier alpha value is -0.800. The summed E-state index contributed by atoms with van der Waals surface area (Å²) in [5.74, 6) is 1.69. The Morgan fingerprint density at radius 2 is 1.94 bits per heavy atom. The third-order valence-corrected chi connectivity index (χ3v) is 3.31. The summed E-state index contributed by atoms with van der Waals surface area (Å²) in [5, 5.41) is 8.62. The van der Waals surface area contributed by atoms with Crippen molar-refractivity contribution < 1.29 is 9.90 Å². The van der Waals surface area contributed by atoms with Crippen LogP contribution in [0.5, 0.6) is 0 Å². The van der Waals surface area contributed by atoms with Gasteiger partial charge in [-0.2, -0.15) is 11.8 Å². The van der Waals surface area contributed by atoms with Crippen LogP contribution in [-0.2, 0) is 0 Å². The molecule has 0 aliphatic carbocycles. The molecule has 3 heteroatoms. The number of hydrogen-bond acceptors (Lipinski definition) is 3. The summed E-state index contributed by atoms with van der Waals surface area (Å²) >= 11 is 1.47. The number of aliphatic hydroxyl groups is 1. The lowest BCUT2D eigenvalue weighted by Crippen LogP contribution is -2.04. The lowest BCUT2D eigenvalue weighted by atomic mass is 10.0. The SMILES string of the molecule is CC(C)c1ccc(C(=O)CSCCO)cc1. The van der Waals surface area contributed by atoms with Gasteiger partial charge in [-0.3, -0.25) is 4.79 Å². The molecular formula is C13H18O2S. The Labute approximate surface area is 101 Å². The predicted octanol–water partition coefficient (Wildman–Crippen LogP) is 2.72. The Bertz CT molecular complexity index is 330. The van der Waals surface area contributed by atoms with E-state index in [1.54, 1.807) is 0 Å². The Kier molecular flexibility index (Phi) is 5.56. The molecule has 0 aliphatic rings. The summed E-state index contributed by atoms with van der Waals surface area (Å²) in [6.45, 7) is 4.39. The lowest BCUT2D eigenvalue weighted by molar-refractivity contribution is 0.102. The van der Waals surface area contributed by atoms with E-state index in [4.69, 9.17) is 5.11 Å². The number of aliphatic hydroxyl groups excluding tert-OH is 1. The summed E-state index contributed by atoms with van der Waals surface area (Å²) in [6.07, 6.45) is 0. The second kappa shape index (κ2) is 6.71. The fourth-order valence-corrected chi connectivity index (χ4v) is 1.99. The van der Waals surface area contributed by atoms with Crippen molar-refractivity contribution in [2.75, 3.05) is 18.1 Å². The second-order valence-electron chi connectivity index (χ2n) is 3.98. The van der Waals surface area contributed by atoms with Gasteiger partial charge in [0.15, 0.2) is 5.78 Å². The number of ketones is 1. The molecule has 0 spiro atoms. The molecule has 1 rings (SSSR count). The van der Waals surface area contributed by atoms with Gasteiger partial charge in [0.25, 0.3) is 0 Å². The van der Waals surface area contributed by atoms with Crippen molar-refractivity contribution in [3.63, 3.8) is 0 Å². The minimum absolute atomic E-state index is 0.129. The summed E-state index contributed by atoms with van der Waals surface area (Å²) in [7, 11) is 0. The molecule has 0 unspecified atom stereocenters. The first-order valence-electron chi connectivity index (χ1n) is 5.47. The maximum absolute atomic E-state index is 11.7. The van der Waals surface area contributed by atoms with Crippen LogP contribution in [0.3, 0.4) is 0 Å². The Morgan fingerprint density at radius 1 is 1.31 bits per heavy atom. The molecule has 0 aliphatic heterocycles. The topological polar surface area (TPSA) is 37.3 Å². The summed E-state index contributed by atoms with van der Waals surface area (Å²) in [5.41, 5.74) is 2.01. The molecule has 1 N–H and O–H groups in total. The molecule has 0 aromatic heterocycles. The van der Waals surface area contributed by atoms with E-state index in [0.717, 1.165) is 5.56 Å². The Balaban J connectivity index is 2.56. The van der Waals surface area contributed by atoms with Gasteiger partial charge in [-0.25, -0.2) is 0 Å². The standard InChI is InChI=1S/C13H18O2S/c1-10(2)11-3-5-12(6-4-11)13(15)9-16-8-7-14/h3-6,10,14H,7-9H2,1-2H3. The average Bonchev–Trinajstić information content (AvgIpc) is 2.29. The van der Waals surface area contributed by atoms with Gasteiger partial charge in [-0.15, -0.1) is 0 Å². The maximum Gasteiger partial charge on any atom is 0.172 e. The van der Waals surface area contributed by atoms with E-state index >= 15 is 0 Å². The molecule has 0 heterocycles. The van der Waals surface area contributed by atoms with E-state index < -0.39 is 0 Å². The van der Waals surface area contributed by atoms with Gasteiger partial charge < -0.3 is 5.11 Å². The van der Waals surface area contributed by atoms with Gasteiger partial charge in [0, 0.05) is 11.3 Å². The first-order chi connectivity index (χ1) is 7.65. The smallest absolute Gasteiger partial charge is 0.172 e. The van der Waals surface area contributed by atoms with Gasteiger partial charge in [0.1, 0.15) is 0 Å². The minimum Gasteiger partial charge on any atom is -0.396 e. The van der Waals surface area contributed by atoms with E-state index in [1.165, 1.54) is 17.3 Å². The van der Waals surface area contributed by atoms with Crippen molar-refractivity contribution in [3.8, 4) is 0 Å². The zero-order valence-electron chi connectivity index (χ0n) is 9.77. The van der Waals surface area contributed by atoms with Crippen molar-refractivity contribution in [1.29, 1.82) is 0 Å². The highest BCUT2D eigenvalue weighted by Gasteiger charge is 2.06. The molecule has 0 saturated carbocycles. The average molecular weight is 238 g/mol. The van der Waals surface area contributed by atoms with Crippen LogP contribution in [0.4, 0.5) is 0 Å². The van der Waals surface area contributed by atoms with E-state index in [2.05, 4.69) is 13.8 Å². The van der Waals surface area contributed by atoms with Crippen LogP contribution in [0.25, 0.3) is 0 Å². The molecule has 0 fully saturated rings. The first-order valence-corrected chi connectivity index (χ1v) is 6.62. The van der Waals surface area contributed by atoms with Crippen molar-refractivity contribution in [2.24, 2.45) is 0 Å². The van der Waals surface area contributed by atoms with Crippen molar-refractivity contribution >= 4 is 17.5 Å². The molecule has 1 aromatic rings. The number of hydrogen-bond donors (Lipinski definition) is 1. The van der Waals surface area contributed by atoms with Crippen LogP contribution in [0.15, 0.2) is 24.3 Å². The normalized spacial score (nSPS) is 10.8. The number of carbonyl (C=O) groups excluding carboxylic acids is 1. The molecule has 0 atom stereocenters. The van der Waals surface area contributed by atoms with Gasteiger partial charge in [0.2, 0.25) is 0 Å². The van der Waals surface area contributed by atoms with E-state index in [0.29, 0.717) is 17.4 Å². The monoisotopic (exact) mass is 238 g/mol. The van der Waals surface area contributed by atoms with Crippen LogP contribution in [-0.4, -0.2) is 29.0 Å². The second-order valence-corrected chi connectivity index (χ2v) is 5.08. The fourth-order valence-electron chi connectivity index (χ4n) is 1.37. The molecule has 0 radical (unpaired) electrons. The number of Topliss-reactive ketones (excluding diaryl/α,β-unsaturated/α-hetero) is 1. The quantitative estimate of drug-likeness (QED) is 0.611. The first kappa shape index (κ1) is 13.3. The third-order valence-electron chi connectivity index (χ3n) is 2.37. The molecule has 0 saturated heterocycles. The van der Waals surface area contributed by atoms with Crippen LogP contribution < -0.4 is 0 Å². The highest BCUT2D eigenvalue weighted by Crippen LogP contribution is 2.15. The summed E-state index contributed by atoms with van der Waals surface area (Å²) in [6, 6.07) is 7.79. The van der Waals surface area contributed by atoms with Gasteiger partial charge >= 0.3 is 0 Å². The Morgan fingerprint density at radius 3 is 2.44 bits per heavy atom. The van der Waals surface area contributed by atoms with Crippen LogP contribution >= 0.6 is 11.8 Å². The molecule has 2 nitrogen and oxygen atoms in total. The van der Waals surface area contributed by atoms with Crippen LogP contribution in [0.2, 0.25) is 0 Å². The maximum atomic E-state index is 11.7. The molecule has 16 heavy (non-hydrogen) atoms. The van der Waals surface area contributed by atoms with Crippen molar-refractivity contribution in [2.45, 2.75) is 19.8 Å². The summed E-state index contributed by atoms with van der Waals surface area (Å²) < 4.78 is 0. The van der Waals surface area contributed by atoms with E-state index in [1.807, 2.05) is 24.3 Å². The number of carbonyl (C=O) groups is 1. The highest BCUT2D eigenvalue weighted by atomic mass is 32.2. The van der Waals surface area contributed by atoms with E-state index in [9.17, 15) is 4.79 Å². The van der Waals surface area contributed by atoms with Crippen molar-refractivity contribution in [3.05, 3.63) is 35.4 Å². The van der Waals surface area contributed by atoms with Gasteiger partial charge in [-0.05, 0) is 11.5 Å². The molecule has 88 valence electrons. The highest BCUT2D eigenvalue weighted by molar-refractivity contribution is 8.00. The van der Waals surface area contributed by atoms with Crippen molar-refractivity contribution in [1.82, 2.24) is 0 Å². The van der Waals surface area contributed by atoms with E-state index in [-0.39, 0.29) is 12.4 Å². The van der Waals surface area contributed by atoms with Crippen LogP contribution in [0, 0.1) is 0 Å². The zero-order valence-corrected chi connectivity index (χ0v) is 10.6. The fraction of sp³-hybridized carbons (Fsp3) is 0.462. The third kappa shape index (κ3) is 3.99. The minimum atomic E-state index is 0.129. The lowest BCUT2D eigenvalue weighted by Gasteiger charge is -2.06. The number of rotatable bonds is 6. The van der Waals surface area contributed by atoms with Gasteiger partial charge in [-0.1, -0.05) is 38.1 Å². The molecule has 0 bridgehead atoms. The molecule has 0 amide bonds. The number of thioether (sulfide) groups is 1. The zero-order chi connectivity index (χ0) is 12.0. The predicted molar refractivity (Wildman–Crippen MR) is 69.3 cm³/mol. The number of benzene rings is 1. The van der Waals surface area contributed by atoms with Gasteiger partial charge in [0.05, 0.1) is 12.4 Å². The van der Waals surface area contributed by atoms with Crippen LogP contribution in [0.1, 0.15) is 35.7 Å². The summed E-state index contributed by atoms with van der Waals surface area (Å²) in [4.78, 5) is 11.7. The molecule has 1 aromatic carbocycles. The largest absolute Gasteiger partial charge is 0.396 e.